The van der Waals surface area contributed by atoms with Gasteiger partial charge in [-0.2, -0.15) is 0 Å². The van der Waals surface area contributed by atoms with E-state index in [0.717, 1.165) is 10.9 Å². The third kappa shape index (κ3) is 3.19. The van der Waals surface area contributed by atoms with Crippen LogP contribution in [0.1, 0.15) is 26.3 Å². The van der Waals surface area contributed by atoms with E-state index in [4.69, 9.17) is 11.6 Å². The van der Waals surface area contributed by atoms with Gasteiger partial charge in [-0.15, -0.1) is 0 Å². The summed E-state index contributed by atoms with van der Waals surface area (Å²) in [5.74, 6) is 0.984. The minimum Gasteiger partial charge on any atom is -0.325 e. The lowest BCUT2D eigenvalue weighted by Gasteiger charge is -2.20. The van der Waals surface area contributed by atoms with E-state index < -0.39 is 14.8 Å². The Morgan fingerprint density at radius 1 is 1.16 bits per heavy atom. The maximum absolute atomic E-state index is 12.8. The van der Waals surface area contributed by atoms with Crippen molar-refractivity contribution in [3.05, 3.63) is 41.4 Å². The summed E-state index contributed by atoms with van der Waals surface area (Å²) in [6.07, 6.45) is 3.12. The first kappa shape index (κ1) is 17.6. The van der Waals surface area contributed by atoms with Crippen LogP contribution in [0.5, 0.6) is 0 Å². The molecule has 9 heteroatoms. The summed E-state index contributed by atoms with van der Waals surface area (Å²) in [6, 6.07) is 5.28. The molecule has 0 amide bonds. The summed E-state index contributed by atoms with van der Waals surface area (Å²) < 4.78 is 25.8. The first-order valence-corrected chi connectivity index (χ1v) is 9.41. The van der Waals surface area contributed by atoms with Crippen molar-refractivity contribution in [3.63, 3.8) is 0 Å². The second-order valence-corrected chi connectivity index (χ2v) is 9.54. The molecule has 132 valence electrons. The van der Waals surface area contributed by atoms with Crippen molar-refractivity contribution in [1.82, 2.24) is 18.9 Å². The van der Waals surface area contributed by atoms with E-state index in [1.807, 2.05) is 6.92 Å². The number of aryl methyl sites for hydroxylation is 1. The van der Waals surface area contributed by atoms with Crippen LogP contribution in [0.25, 0.3) is 11.0 Å². The van der Waals surface area contributed by atoms with Gasteiger partial charge in [-0.1, -0.05) is 0 Å². The van der Waals surface area contributed by atoms with Crippen molar-refractivity contribution in [1.29, 1.82) is 0 Å². The van der Waals surface area contributed by atoms with Gasteiger partial charge in [0.1, 0.15) is 11.6 Å². The van der Waals surface area contributed by atoms with E-state index in [-0.39, 0.29) is 5.28 Å². The fourth-order valence-electron chi connectivity index (χ4n) is 2.21. The quantitative estimate of drug-likeness (QED) is 0.700. The first-order chi connectivity index (χ1) is 11.6. The highest BCUT2D eigenvalue weighted by atomic mass is 35.5. The highest BCUT2D eigenvalue weighted by Crippen LogP contribution is 2.26. The van der Waals surface area contributed by atoms with E-state index in [2.05, 4.69) is 20.3 Å². The number of nitrogens with one attached hydrogen (secondary N) is 1. The van der Waals surface area contributed by atoms with Crippen LogP contribution in [0.4, 0.5) is 11.6 Å². The molecular formula is C16H18ClN5O2S. The molecular weight excluding hydrogens is 362 g/mol. The number of hydrogen-bond acceptors (Lipinski definition) is 6. The molecule has 0 aromatic carbocycles. The number of halogens is 1. The third-order valence-corrected chi connectivity index (χ3v) is 6.27. The zero-order valence-corrected chi connectivity index (χ0v) is 15.9. The van der Waals surface area contributed by atoms with Crippen LogP contribution in [0.2, 0.25) is 5.28 Å². The summed E-state index contributed by atoms with van der Waals surface area (Å²) in [6.45, 7) is 6.80. The Bertz CT molecular complexity index is 1050. The number of fused-ring (bicyclic) bond motifs is 1. The van der Waals surface area contributed by atoms with Crippen molar-refractivity contribution in [2.24, 2.45) is 0 Å². The zero-order chi connectivity index (χ0) is 18.4. The van der Waals surface area contributed by atoms with Gasteiger partial charge in [0.15, 0.2) is 5.65 Å². The fraction of sp³-hybridized carbons (Fsp3) is 0.312. The highest BCUT2D eigenvalue weighted by Gasteiger charge is 2.32. The van der Waals surface area contributed by atoms with Crippen LogP contribution in [-0.4, -0.2) is 32.1 Å². The summed E-state index contributed by atoms with van der Waals surface area (Å²) in [7, 11) is -3.58. The van der Waals surface area contributed by atoms with E-state index in [9.17, 15) is 8.42 Å². The fourth-order valence-corrected chi connectivity index (χ4v) is 3.53. The van der Waals surface area contributed by atoms with E-state index >= 15 is 0 Å². The molecule has 0 aliphatic carbocycles. The minimum absolute atomic E-state index is 0.118. The molecule has 0 aliphatic rings. The molecule has 0 bridgehead atoms. The van der Waals surface area contributed by atoms with Gasteiger partial charge in [-0.05, 0) is 57.5 Å². The lowest BCUT2D eigenvalue weighted by atomic mass is 10.3. The average molecular weight is 380 g/mol. The molecule has 3 aromatic rings. The van der Waals surface area contributed by atoms with Crippen LogP contribution in [0.3, 0.4) is 0 Å². The Labute approximate surface area is 151 Å². The molecule has 0 unspecified atom stereocenters. The Balaban J connectivity index is 2.09. The van der Waals surface area contributed by atoms with Crippen molar-refractivity contribution in [2.45, 2.75) is 32.4 Å². The van der Waals surface area contributed by atoms with Crippen LogP contribution in [0.15, 0.2) is 30.6 Å². The molecule has 3 heterocycles. The largest absolute Gasteiger partial charge is 0.325 e. The molecule has 0 radical (unpaired) electrons. The molecule has 0 fully saturated rings. The van der Waals surface area contributed by atoms with Crippen molar-refractivity contribution >= 4 is 44.3 Å². The number of pyridine rings is 1. The lowest BCUT2D eigenvalue weighted by molar-refractivity contribution is 0.552. The third-order valence-electron chi connectivity index (χ3n) is 3.73. The zero-order valence-electron chi connectivity index (χ0n) is 14.3. The second kappa shape index (κ2) is 5.96. The van der Waals surface area contributed by atoms with Gasteiger partial charge in [0.05, 0.1) is 4.75 Å². The summed E-state index contributed by atoms with van der Waals surface area (Å²) in [5, 5.41) is 3.91. The number of hydrogen-bond donors (Lipinski definition) is 1. The Hall–Kier alpha value is -2.19. The molecule has 1 N–H and O–H groups in total. The van der Waals surface area contributed by atoms with E-state index in [0.29, 0.717) is 17.3 Å². The molecule has 0 saturated carbocycles. The predicted molar refractivity (Wildman–Crippen MR) is 98.9 cm³/mol. The number of anilines is 2. The van der Waals surface area contributed by atoms with Crippen molar-refractivity contribution < 1.29 is 8.42 Å². The molecule has 0 aliphatic heterocycles. The maximum Gasteiger partial charge on any atom is 0.245 e. The van der Waals surface area contributed by atoms with Gasteiger partial charge < -0.3 is 5.32 Å². The van der Waals surface area contributed by atoms with Gasteiger partial charge in [-0.25, -0.2) is 27.3 Å². The lowest BCUT2D eigenvalue weighted by Crippen LogP contribution is -2.33. The molecule has 25 heavy (non-hydrogen) atoms. The minimum atomic E-state index is -3.58. The molecule has 7 nitrogen and oxygen atoms in total. The average Bonchev–Trinajstić information content (AvgIpc) is 2.93. The van der Waals surface area contributed by atoms with E-state index in [1.165, 1.54) is 10.2 Å². The number of aromatic nitrogens is 4. The van der Waals surface area contributed by atoms with Crippen molar-refractivity contribution in [3.8, 4) is 0 Å². The van der Waals surface area contributed by atoms with Crippen LogP contribution >= 0.6 is 11.6 Å². The van der Waals surface area contributed by atoms with Crippen molar-refractivity contribution in [2.75, 3.05) is 5.32 Å². The molecule has 0 spiro atoms. The monoisotopic (exact) mass is 379 g/mol. The Kier molecular flexibility index (Phi) is 4.20. The Morgan fingerprint density at radius 3 is 2.56 bits per heavy atom. The standard InChI is InChI=1S/C16H18ClN5O2S/c1-10-9-18-15(17)21-13(10)19-12-6-5-11-7-8-22(14(11)20-12)25(23,24)16(2,3)4/h5-9H,1-4H3,(H,18,19,20,21). The summed E-state index contributed by atoms with van der Waals surface area (Å²) in [4.78, 5) is 12.5. The highest BCUT2D eigenvalue weighted by molar-refractivity contribution is 7.91. The van der Waals surface area contributed by atoms with Crippen LogP contribution in [0, 0.1) is 6.92 Å². The van der Waals surface area contributed by atoms with Gasteiger partial charge in [0.25, 0.3) is 0 Å². The molecule has 0 atom stereocenters. The SMILES string of the molecule is Cc1cnc(Cl)nc1Nc1ccc2ccn(S(=O)(=O)C(C)(C)C)c2n1. The Morgan fingerprint density at radius 2 is 1.88 bits per heavy atom. The topological polar surface area (TPSA) is 89.8 Å². The van der Waals surface area contributed by atoms with Crippen LogP contribution < -0.4 is 5.32 Å². The second-order valence-electron chi connectivity index (χ2n) is 6.63. The predicted octanol–water partition coefficient (Wildman–Crippen LogP) is 3.51. The molecule has 3 aromatic heterocycles. The number of nitrogens with zero attached hydrogens (tertiary/aromatic N) is 4. The van der Waals surface area contributed by atoms with Gasteiger partial charge >= 0.3 is 0 Å². The number of rotatable bonds is 3. The van der Waals surface area contributed by atoms with Gasteiger partial charge in [0.2, 0.25) is 15.3 Å². The maximum atomic E-state index is 12.8. The molecule has 3 rings (SSSR count). The van der Waals surface area contributed by atoms with Gasteiger partial charge in [0, 0.05) is 23.3 Å². The van der Waals surface area contributed by atoms with Crippen LogP contribution in [-0.2, 0) is 10.0 Å². The summed E-state index contributed by atoms with van der Waals surface area (Å²) >= 11 is 5.83. The first-order valence-electron chi connectivity index (χ1n) is 7.59. The smallest absolute Gasteiger partial charge is 0.245 e. The summed E-state index contributed by atoms with van der Waals surface area (Å²) in [5.41, 5.74) is 1.15. The van der Waals surface area contributed by atoms with Gasteiger partial charge in [-0.3, -0.25) is 0 Å². The normalized spacial score (nSPS) is 12.5. The molecule has 0 saturated heterocycles. The van der Waals surface area contributed by atoms with E-state index in [1.54, 1.807) is 45.2 Å².